The number of nitrogens with zero attached hydrogens (tertiary/aromatic N) is 3. The van der Waals surface area contributed by atoms with E-state index < -0.39 is 0 Å². The number of nitrogens with one attached hydrogen (secondary N) is 1. The lowest BCUT2D eigenvalue weighted by Crippen LogP contribution is -2.32. The van der Waals surface area contributed by atoms with E-state index in [2.05, 4.69) is 10.3 Å². The van der Waals surface area contributed by atoms with Crippen molar-refractivity contribution in [1.82, 2.24) is 4.98 Å². The summed E-state index contributed by atoms with van der Waals surface area (Å²) in [6.45, 7) is 4.72. The van der Waals surface area contributed by atoms with Gasteiger partial charge in [0, 0.05) is 31.5 Å². The highest BCUT2D eigenvalue weighted by molar-refractivity contribution is 7.98. The van der Waals surface area contributed by atoms with E-state index in [-0.39, 0.29) is 16.7 Å². The van der Waals surface area contributed by atoms with E-state index in [1.165, 1.54) is 6.07 Å². The molecule has 1 heterocycles. The molecule has 1 rings (SSSR count). The van der Waals surface area contributed by atoms with Crippen LogP contribution in [0, 0.1) is 10.1 Å². The molecule has 19 heavy (non-hydrogen) atoms. The largest absolute Gasteiger partial charge is 0.370 e. The summed E-state index contributed by atoms with van der Waals surface area (Å²) in [5.74, 6) is 1.96. The number of rotatable bonds is 7. The van der Waals surface area contributed by atoms with Crippen molar-refractivity contribution in [3.8, 4) is 0 Å². The van der Waals surface area contributed by atoms with Gasteiger partial charge in [0.1, 0.15) is 5.82 Å². The first kappa shape index (κ1) is 15.6. The van der Waals surface area contributed by atoms with Crippen LogP contribution in [0.4, 0.5) is 17.3 Å². The van der Waals surface area contributed by atoms with E-state index in [9.17, 15) is 10.1 Å². The summed E-state index contributed by atoms with van der Waals surface area (Å²) in [6, 6.07) is 3.32. The third-order valence-corrected chi connectivity index (χ3v) is 3.63. The first-order chi connectivity index (χ1) is 9.01. The molecule has 0 fully saturated rings. The van der Waals surface area contributed by atoms with E-state index in [4.69, 9.17) is 0 Å². The first-order valence-corrected chi connectivity index (χ1v) is 7.51. The Morgan fingerprint density at radius 3 is 2.79 bits per heavy atom. The van der Waals surface area contributed by atoms with E-state index in [1.54, 1.807) is 17.8 Å². The van der Waals surface area contributed by atoms with Crippen molar-refractivity contribution in [3.05, 3.63) is 22.2 Å². The van der Waals surface area contributed by atoms with Gasteiger partial charge in [-0.1, -0.05) is 0 Å². The van der Waals surface area contributed by atoms with E-state index in [1.807, 2.05) is 32.1 Å². The van der Waals surface area contributed by atoms with Crippen LogP contribution < -0.4 is 10.2 Å². The van der Waals surface area contributed by atoms with Crippen molar-refractivity contribution >= 4 is 29.1 Å². The summed E-state index contributed by atoms with van der Waals surface area (Å²) in [4.78, 5) is 16.9. The maximum Gasteiger partial charge on any atom is 0.311 e. The smallest absolute Gasteiger partial charge is 0.311 e. The highest BCUT2D eigenvalue weighted by atomic mass is 32.2. The third-order valence-electron chi connectivity index (χ3n) is 2.81. The van der Waals surface area contributed by atoms with Crippen LogP contribution in [0.25, 0.3) is 0 Å². The fraction of sp³-hybridized carbons (Fsp3) is 0.583. The summed E-state index contributed by atoms with van der Waals surface area (Å²) >= 11 is 1.71. The third kappa shape index (κ3) is 3.99. The van der Waals surface area contributed by atoms with Crippen molar-refractivity contribution in [2.24, 2.45) is 0 Å². The van der Waals surface area contributed by atoms with Gasteiger partial charge in [-0.15, -0.1) is 0 Å². The van der Waals surface area contributed by atoms with Gasteiger partial charge in [-0.3, -0.25) is 10.1 Å². The molecule has 0 radical (unpaired) electrons. The summed E-state index contributed by atoms with van der Waals surface area (Å²) in [5.41, 5.74) is 0.0390. The second kappa shape index (κ2) is 7.18. The zero-order chi connectivity index (χ0) is 14.4. The van der Waals surface area contributed by atoms with E-state index >= 15 is 0 Å². The Hall–Kier alpha value is -1.50. The van der Waals surface area contributed by atoms with Gasteiger partial charge in [0.25, 0.3) is 0 Å². The van der Waals surface area contributed by atoms with Crippen LogP contribution in [0.5, 0.6) is 0 Å². The zero-order valence-corrected chi connectivity index (χ0v) is 12.5. The Balaban J connectivity index is 3.12. The summed E-state index contributed by atoms with van der Waals surface area (Å²) in [7, 11) is 1.84. The van der Waals surface area contributed by atoms with Crippen LogP contribution in [0.2, 0.25) is 0 Å². The fourth-order valence-electron chi connectivity index (χ4n) is 1.68. The fourth-order valence-corrected chi connectivity index (χ4v) is 2.39. The van der Waals surface area contributed by atoms with E-state index in [0.29, 0.717) is 11.6 Å². The van der Waals surface area contributed by atoms with Gasteiger partial charge in [0.2, 0.25) is 5.82 Å². The average Bonchev–Trinajstić information content (AvgIpc) is 2.38. The molecule has 7 heteroatoms. The summed E-state index contributed by atoms with van der Waals surface area (Å²) in [6.07, 6.45) is 2.02. The predicted octanol–water partition coefficient (Wildman–Crippen LogP) is 2.61. The Kier molecular flexibility index (Phi) is 5.88. The number of pyridine rings is 1. The minimum absolute atomic E-state index is 0.0390. The highest BCUT2D eigenvalue weighted by Crippen LogP contribution is 2.28. The second-order valence-corrected chi connectivity index (χ2v) is 5.15. The van der Waals surface area contributed by atoms with Gasteiger partial charge < -0.3 is 10.2 Å². The molecule has 0 aliphatic carbocycles. The molecule has 106 valence electrons. The Morgan fingerprint density at radius 2 is 2.26 bits per heavy atom. The van der Waals surface area contributed by atoms with Crippen LogP contribution in [0.15, 0.2) is 12.1 Å². The Bertz CT molecular complexity index is 442. The van der Waals surface area contributed by atoms with Crippen molar-refractivity contribution in [2.75, 3.05) is 35.8 Å². The number of thioether (sulfide) groups is 1. The number of nitro groups is 1. The van der Waals surface area contributed by atoms with Crippen LogP contribution in [0.3, 0.4) is 0 Å². The minimum Gasteiger partial charge on any atom is -0.370 e. The van der Waals surface area contributed by atoms with Crippen LogP contribution in [-0.4, -0.2) is 41.6 Å². The van der Waals surface area contributed by atoms with Crippen LogP contribution >= 0.6 is 11.8 Å². The topological polar surface area (TPSA) is 71.3 Å². The molecule has 0 aliphatic rings. The first-order valence-electron chi connectivity index (χ1n) is 6.12. The van der Waals surface area contributed by atoms with Crippen LogP contribution in [-0.2, 0) is 0 Å². The number of anilines is 2. The Labute approximate surface area is 117 Å². The molecule has 0 bridgehead atoms. The molecule has 0 aliphatic heterocycles. The molecule has 1 N–H and O–H groups in total. The van der Waals surface area contributed by atoms with Gasteiger partial charge >= 0.3 is 5.69 Å². The Morgan fingerprint density at radius 1 is 1.58 bits per heavy atom. The molecular weight excluding hydrogens is 264 g/mol. The lowest BCUT2D eigenvalue weighted by Gasteiger charge is -2.25. The van der Waals surface area contributed by atoms with Crippen LogP contribution in [0.1, 0.15) is 13.8 Å². The second-order valence-electron chi connectivity index (χ2n) is 4.24. The summed E-state index contributed by atoms with van der Waals surface area (Å²) < 4.78 is 0. The van der Waals surface area contributed by atoms with Gasteiger partial charge in [-0.2, -0.15) is 11.8 Å². The number of hydrogen-bond acceptors (Lipinski definition) is 6. The lowest BCUT2D eigenvalue weighted by molar-refractivity contribution is -0.384. The van der Waals surface area contributed by atoms with Crippen molar-refractivity contribution in [3.63, 3.8) is 0 Å². The van der Waals surface area contributed by atoms with Crippen molar-refractivity contribution in [1.29, 1.82) is 0 Å². The van der Waals surface area contributed by atoms with Crippen molar-refractivity contribution < 1.29 is 4.92 Å². The molecule has 6 nitrogen and oxygen atoms in total. The molecule has 1 aromatic rings. The molecule has 0 amide bonds. The molecule has 0 aromatic carbocycles. The van der Waals surface area contributed by atoms with Gasteiger partial charge in [-0.25, -0.2) is 4.98 Å². The minimum atomic E-state index is -0.389. The number of aromatic nitrogens is 1. The SMILES string of the molecule is CCNc1ccc([N+](=O)[O-])c(N(C)C(C)CSC)n1. The maximum atomic E-state index is 11.1. The standard InChI is InChI=1S/C12H20N4O2S/c1-5-13-11-7-6-10(16(17)18)12(14-11)15(3)9(2)8-19-4/h6-7,9H,5,8H2,1-4H3,(H,13,14). The molecule has 0 spiro atoms. The van der Waals surface area contributed by atoms with Gasteiger partial charge in [0.15, 0.2) is 0 Å². The molecule has 1 unspecified atom stereocenters. The molecule has 0 saturated heterocycles. The predicted molar refractivity (Wildman–Crippen MR) is 81.3 cm³/mol. The molecule has 1 aromatic heterocycles. The van der Waals surface area contributed by atoms with Gasteiger partial charge in [-0.05, 0) is 26.2 Å². The molecule has 1 atom stereocenters. The quantitative estimate of drug-likeness (QED) is 0.613. The molecular formula is C12H20N4O2S. The maximum absolute atomic E-state index is 11.1. The lowest BCUT2D eigenvalue weighted by atomic mass is 10.3. The average molecular weight is 284 g/mol. The normalized spacial score (nSPS) is 12.0. The summed E-state index contributed by atoms with van der Waals surface area (Å²) in [5, 5.41) is 14.2. The van der Waals surface area contributed by atoms with Gasteiger partial charge in [0.05, 0.1) is 4.92 Å². The number of hydrogen-bond donors (Lipinski definition) is 1. The highest BCUT2D eigenvalue weighted by Gasteiger charge is 2.22. The van der Waals surface area contributed by atoms with Crippen molar-refractivity contribution in [2.45, 2.75) is 19.9 Å². The monoisotopic (exact) mass is 284 g/mol. The zero-order valence-electron chi connectivity index (χ0n) is 11.7. The van der Waals surface area contributed by atoms with E-state index in [0.717, 1.165) is 12.3 Å². The molecule has 0 saturated carbocycles.